The number of nitrogens with zero attached hydrogens (tertiary/aromatic N) is 4. The molecular weight excluding hydrogens is 462 g/mol. The molecule has 0 unspecified atom stereocenters. The second-order valence-corrected chi connectivity index (χ2v) is 8.64. The zero-order valence-corrected chi connectivity index (χ0v) is 19.4. The van der Waals surface area contributed by atoms with Gasteiger partial charge in [-0.3, -0.25) is 14.6 Å². The van der Waals surface area contributed by atoms with Crippen LogP contribution < -0.4 is 10.9 Å². The van der Waals surface area contributed by atoms with Gasteiger partial charge in [0.25, 0.3) is 11.5 Å². The number of anilines is 1. The number of hydrogen-bond acceptors (Lipinski definition) is 7. The van der Waals surface area contributed by atoms with Crippen LogP contribution >= 0.6 is 11.3 Å². The number of nitrogens with one attached hydrogen (secondary N) is 1. The first-order chi connectivity index (χ1) is 17.0. The van der Waals surface area contributed by atoms with Crippen molar-refractivity contribution < 1.29 is 9.90 Å². The first-order valence-corrected chi connectivity index (χ1v) is 11.5. The maximum absolute atomic E-state index is 13.0. The van der Waals surface area contributed by atoms with Crippen molar-refractivity contribution in [2.45, 2.75) is 6.92 Å². The topological polar surface area (TPSA) is 110 Å². The molecule has 3 aromatic heterocycles. The van der Waals surface area contributed by atoms with Crippen molar-refractivity contribution in [3.05, 3.63) is 106 Å². The number of carbonyl (C=O) groups is 1. The molecule has 0 bridgehead atoms. The Balaban J connectivity index is 1.41. The Bertz CT molecular complexity index is 1590. The van der Waals surface area contributed by atoms with Crippen molar-refractivity contribution in [2.75, 3.05) is 5.32 Å². The molecule has 0 atom stereocenters. The summed E-state index contributed by atoms with van der Waals surface area (Å²) in [7, 11) is 0. The van der Waals surface area contributed by atoms with E-state index in [9.17, 15) is 14.7 Å². The smallest absolute Gasteiger partial charge is 0.279 e. The Morgan fingerprint density at radius 1 is 1.03 bits per heavy atom. The minimum Gasteiger partial charge on any atom is -0.505 e. The molecule has 0 aliphatic rings. The molecule has 2 N–H and O–H groups in total. The summed E-state index contributed by atoms with van der Waals surface area (Å²) in [5, 5.41) is 19.9. The Morgan fingerprint density at radius 3 is 2.66 bits per heavy atom. The summed E-state index contributed by atoms with van der Waals surface area (Å²) >= 11 is 1.50. The molecule has 0 aliphatic carbocycles. The molecule has 0 aliphatic heterocycles. The van der Waals surface area contributed by atoms with E-state index in [-0.39, 0.29) is 5.69 Å². The average molecular weight is 482 g/mol. The second kappa shape index (κ2) is 9.32. The lowest BCUT2D eigenvalue weighted by Crippen LogP contribution is -2.25. The van der Waals surface area contributed by atoms with Gasteiger partial charge in [-0.1, -0.05) is 24.3 Å². The maximum atomic E-state index is 13.0. The molecule has 5 rings (SSSR count). The minimum absolute atomic E-state index is 0.260. The second-order valence-electron chi connectivity index (χ2n) is 7.78. The number of pyridine rings is 1. The summed E-state index contributed by atoms with van der Waals surface area (Å²) in [6.45, 7) is 1.89. The summed E-state index contributed by atoms with van der Waals surface area (Å²) < 4.78 is 1.09. The zero-order valence-electron chi connectivity index (χ0n) is 18.5. The molecule has 0 fully saturated rings. The molecule has 9 heteroatoms. The van der Waals surface area contributed by atoms with Crippen molar-refractivity contribution in [3.8, 4) is 33.3 Å². The van der Waals surface area contributed by atoms with Gasteiger partial charge in [-0.25, -0.2) is 4.98 Å². The van der Waals surface area contributed by atoms with Crippen molar-refractivity contribution in [1.29, 1.82) is 0 Å². The van der Waals surface area contributed by atoms with Crippen LogP contribution in [0.25, 0.3) is 27.5 Å². The molecule has 3 heterocycles. The molecular formula is C26H19N5O3S. The number of aryl methyl sites for hydroxylation is 1. The van der Waals surface area contributed by atoms with E-state index in [0.717, 1.165) is 38.1 Å². The fraction of sp³-hybridized carbons (Fsp3) is 0.0385. The molecule has 35 heavy (non-hydrogen) atoms. The van der Waals surface area contributed by atoms with E-state index in [1.54, 1.807) is 48.8 Å². The number of aromatic hydroxyl groups is 1. The number of rotatable bonds is 5. The molecule has 0 spiro atoms. The standard InChI is InChI=1S/C26H19N5O3S/c1-16-5-2-9-20(11-16)31-23(33)13-22(32)24(30-31)25(34)28-19-8-3-6-17(12-19)21-15-35-26(29-21)18-7-4-10-27-14-18/h2-15,32H,1H3,(H,28,34). The molecule has 2 aromatic carbocycles. The monoisotopic (exact) mass is 481 g/mol. The number of carbonyl (C=O) groups excluding carboxylic acids is 1. The fourth-order valence-corrected chi connectivity index (χ4v) is 4.35. The maximum Gasteiger partial charge on any atom is 0.279 e. The van der Waals surface area contributed by atoms with Gasteiger partial charge in [0.05, 0.1) is 11.4 Å². The third kappa shape index (κ3) is 4.71. The Hall–Kier alpha value is -4.63. The highest BCUT2D eigenvalue weighted by Gasteiger charge is 2.18. The van der Waals surface area contributed by atoms with Gasteiger partial charge in [0.2, 0.25) is 0 Å². The van der Waals surface area contributed by atoms with Crippen molar-refractivity contribution >= 4 is 22.9 Å². The molecule has 1 amide bonds. The van der Waals surface area contributed by atoms with Crippen molar-refractivity contribution in [3.63, 3.8) is 0 Å². The third-order valence-electron chi connectivity index (χ3n) is 5.20. The van der Waals surface area contributed by atoms with Crippen molar-refractivity contribution in [2.24, 2.45) is 0 Å². The SMILES string of the molecule is Cc1cccc(-n2nc(C(=O)Nc3cccc(-c4csc(-c5cccnc5)n4)c3)c(O)cc2=O)c1. The van der Waals surface area contributed by atoms with Gasteiger partial charge < -0.3 is 10.4 Å². The van der Waals surface area contributed by atoms with Gasteiger partial charge in [-0.2, -0.15) is 9.78 Å². The van der Waals surface area contributed by atoms with Gasteiger partial charge in [0.15, 0.2) is 11.4 Å². The Labute approximate surface area is 204 Å². The van der Waals surface area contributed by atoms with Gasteiger partial charge in [-0.05, 0) is 48.9 Å². The molecule has 0 saturated carbocycles. The Kier molecular flexibility index (Phi) is 5.90. The van der Waals surface area contributed by atoms with E-state index in [0.29, 0.717) is 11.4 Å². The van der Waals surface area contributed by atoms with E-state index < -0.39 is 17.2 Å². The minimum atomic E-state index is -0.643. The van der Waals surface area contributed by atoms with Crippen LogP contribution in [0.2, 0.25) is 0 Å². The number of amides is 1. The number of benzene rings is 2. The predicted octanol–water partition coefficient (Wildman–Crippen LogP) is 4.68. The normalized spacial score (nSPS) is 10.8. The van der Waals surface area contributed by atoms with Gasteiger partial charge in [-0.15, -0.1) is 11.3 Å². The van der Waals surface area contributed by atoms with Crippen LogP contribution in [-0.2, 0) is 0 Å². The molecule has 0 saturated heterocycles. The lowest BCUT2D eigenvalue weighted by atomic mass is 10.1. The van der Waals surface area contributed by atoms with Crippen LogP contribution in [0.4, 0.5) is 5.69 Å². The first kappa shape index (κ1) is 22.2. The lowest BCUT2D eigenvalue weighted by molar-refractivity contribution is 0.101. The molecule has 5 aromatic rings. The summed E-state index contributed by atoms with van der Waals surface area (Å²) in [5.41, 5.74) is 3.63. The largest absolute Gasteiger partial charge is 0.505 e. The van der Waals surface area contributed by atoms with E-state index in [4.69, 9.17) is 0 Å². The van der Waals surface area contributed by atoms with E-state index in [1.807, 2.05) is 36.6 Å². The highest BCUT2D eigenvalue weighted by Crippen LogP contribution is 2.29. The van der Waals surface area contributed by atoms with Gasteiger partial charge >= 0.3 is 0 Å². The summed E-state index contributed by atoms with van der Waals surface area (Å²) in [6.07, 6.45) is 3.47. The van der Waals surface area contributed by atoms with Crippen LogP contribution in [0.15, 0.2) is 89.3 Å². The van der Waals surface area contributed by atoms with Crippen LogP contribution in [0, 0.1) is 6.92 Å². The van der Waals surface area contributed by atoms with Crippen LogP contribution in [0.1, 0.15) is 16.1 Å². The highest BCUT2D eigenvalue weighted by atomic mass is 32.1. The highest BCUT2D eigenvalue weighted by molar-refractivity contribution is 7.13. The molecule has 0 radical (unpaired) electrons. The van der Waals surface area contributed by atoms with Crippen LogP contribution in [0.5, 0.6) is 5.75 Å². The Morgan fingerprint density at radius 2 is 1.86 bits per heavy atom. The predicted molar refractivity (Wildman–Crippen MR) is 135 cm³/mol. The number of aromatic nitrogens is 4. The van der Waals surface area contributed by atoms with E-state index in [1.165, 1.54) is 11.3 Å². The van der Waals surface area contributed by atoms with E-state index in [2.05, 4.69) is 20.4 Å². The van der Waals surface area contributed by atoms with Crippen LogP contribution in [-0.4, -0.2) is 30.8 Å². The van der Waals surface area contributed by atoms with Gasteiger partial charge in [0.1, 0.15) is 5.01 Å². The fourth-order valence-electron chi connectivity index (χ4n) is 3.53. The van der Waals surface area contributed by atoms with Crippen molar-refractivity contribution in [1.82, 2.24) is 19.7 Å². The molecule has 172 valence electrons. The first-order valence-electron chi connectivity index (χ1n) is 10.7. The number of hydrogen-bond donors (Lipinski definition) is 2. The molecule has 8 nitrogen and oxygen atoms in total. The zero-order chi connectivity index (χ0) is 24.4. The summed E-state index contributed by atoms with van der Waals surface area (Å²) in [5.74, 6) is -1.14. The summed E-state index contributed by atoms with van der Waals surface area (Å²) in [6, 6.07) is 19.1. The lowest BCUT2D eigenvalue weighted by Gasteiger charge is -2.10. The van der Waals surface area contributed by atoms with Gasteiger partial charge in [0, 0.05) is 40.7 Å². The van der Waals surface area contributed by atoms with Crippen LogP contribution in [0.3, 0.4) is 0 Å². The quantitative estimate of drug-likeness (QED) is 0.377. The van der Waals surface area contributed by atoms with E-state index >= 15 is 0 Å². The summed E-state index contributed by atoms with van der Waals surface area (Å²) in [4.78, 5) is 34.2. The third-order valence-corrected chi connectivity index (χ3v) is 6.09. The average Bonchev–Trinajstić information content (AvgIpc) is 3.35. The number of thiazole rings is 1.